The summed E-state index contributed by atoms with van der Waals surface area (Å²) >= 11 is 1.73. The molecule has 3 rings (SSSR count). The fourth-order valence-electron chi connectivity index (χ4n) is 3.43. The van der Waals surface area contributed by atoms with E-state index in [1.54, 1.807) is 11.3 Å². The van der Waals surface area contributed by atoms with Crippen LogP contribution in [0.2, 0.25) is 0 Å². The van der Waals surface area contributed by atoms with Crippen molar-refractivity contribution in [1.29, 1.82) is 0 Å². The van der Waals surface area contributed by atoms with Crippen LogP contribution < -0.4 is 5.32 Å². The maximum atomic E-state index is 12.5. The first-order chi connectivity index (χ1) is 10.3. The Morgan fingerprint density at radius 3 is 2.81 bits per heavy atom. The number of amides is 1. The van der Waals surface area contributed by atoms with Crippen LogP contribution in [0.25, 0.3) is 0 Å². The van der Waals surface area contributed by atoms with E-state index in [4.69, 9.17) is 0 Å². The highest BCUT2D eigenvalue weighted by Gasteiger charge is 2.22. The molecule has 1 aromatic heterocycles. The number of aryl methyl sites for hydroxylation is 2. The number of fused-ring (bicyclic) bond motifs is 1. The van der Waals surface area contributed by atoms with Gasteiger partial charge in [-0.05, 0) is 56.7 Å². The van der Waals surface area contributed by atoms with E-state index in [1.807, 2.05) is 0 Å². The van der Waals surface area contributed by atoms with Gasteiger partial charge >= 0.3 is 0 Å². The molecule has 21 heavy (non-hydrogen) atoms. The summed E-state index contributed by atoms with van der Waals surface area (Å²) < 4.78 is 0. The Morgan fingerprint density at radius 2 is 2.05 bits per heavy atom. The van der Waals surface area contributed by atoms with E-state index in [2.05, 4.69) is 23.2 Å². The largest absolute Gasteiger partial charge is 0.349 e. The minimum absolute atomic E-state index is 0.156. The molecule has 1 aromatic rings. The topological polar surface area (TPSA) is 32.3 Å². The summed E-state index contributed by atoms with van der Waals surface area (Å²) in [6, 6.07) is 2.52. The lowest BCUT2D eigenvalue weighted by molar-refractivity contribution is 0.0917. The number of likely N-dealkylation sites (tertiary alicyclic amines) is 1. The summed E-state index contributed by atoms with van der Waals surface area (Å²) in [4.78, 5) is 17.3. The number of carbonyl (C=O) groups excluding carboxylic acids is 1. The predicted molar refractivity (Wildman–Crippen MR) is 88.2 cm³/mol. The van der Waals surface area contributed by atoms with Gasteiger partial charge in [-0.15, -0.1) is 11.3 Å². The Morgan fingerprint density at radius 1 is 1.29 bits per heavy atom. The molecular weight excluding hydrogens is 280 g/mol. The van der Waals surface area contributed by atoms with Crippen molar-refractivity contribution in [2.24, 2.45) is 0 Å². The van der Waals surface area contributed by atoms with Crippen LogP contribution in [0.4, 0.5) is 0 Å². The second kappa shape index (κ2) is 6.93. The van der Waals surface area contributed by atoms with Crippen molar-refractivity contribution in [3.05, 3.63) is 21.4 Å². The van der Waals surface area contributed by atoms with Gasteiger partial charge in [0.05, 0.1) is 4.88 Å². The van der Waals surface area contributed by atoms with Gasteiger partial charge < -0.3 is 10.2 Å². The minimum Gasteiger partial charge on any atom is -0.349 e. The molecule has 1 aliphatic carbocycles. The van der Waals surface area contributed by atoms with Crippen molar-refractivity contribution >= 4 is 17.2 Å². The van der Waals surface area contributed by atoms with Crippen LogP contribution in [0.5, 0.6) is 0 Å². The Labute approximate surface area is 131 Å². The summed E-state index contributed by atoms with van der Waals surface area (Å²) in [6.45, 7) is 5.56. The van der Waals surface area contributed by atoms with Crippen molar-refractivity contribution in [3.8, 4) is 0 Å². The van der Waals surface area contributed by atoms with Gasteiger partial charge in [0.1, 0.15) is 0 Å². The summed E-state index contributed by atoms with van der Waals surface area (Å²) in [5.41, 5.74) is 1.43. The lowest BCUT2D eigenvalue weighted by Crippen LogP contribution is -2.44. The highest BCUT2D eigenvalue weighted by Crippen LogP contribution is 2.29. The molecule has 2 aliphatic rings. The SMILES string of the molecule is CCN1CCC(NC(=O)c2cc3c(s2)CCCCC3)CC1. The van der Waals surface area contributed by atoms with Gasteiger partial charge in [-0.3, -0.25) is 4.79 Å². The number of piperidine rings is 1. The van der Waals surface area contributed by atoms with Crippen LogP contribution >= 0.6 is 11.3 Å². The molecule has 1 N–H and O–H groups in total. The Bertz CT molecular complexity index is 465. The molecule has 2 heterocycles. The number of hydrogen-bond donors (Lipinski definition) is 1. The monoisotopic (exact) mass is 306 g/mol. The summed E-state index contributed by atoms with van der Waals surface area (Å²) in [5, 5.41) is 3.25. The maximum Gasteiger partial charge on any atom is 0.261 e. The highest BCUT2D eigenvalue weighted by atomic mass is 32.1. The van der Waals surface area contributed by atoms with E-state index in [0.29, 0.717) is 6.04 Å². The first kappa shape index (κ1) is 15.0. The maximum absolute atomic E-state index is 12.5. The van der Waals surface area contributed by atoms with Gasteiger partial charge in [-0.2, -0.15) is 0 Å². The van der Waals surface area contributed by atoms with Crippen molar-refractivity contribution in [3.63, 3.8) is 0 Å². The third-order valence-corrected chi connectivity index (χ3v) is 6.08. The summed E-state index contributed by atoms with van der Waals surface area (Å²) in [7, 11) is 0. The van der Waals surface area contributed by atoms with E-state index < -0.39 is 0 Å². The molecule has 1 amide bonds. The van der Waals surface area contributed by atoms with Gasteiger partial charge in [-0.25, -0.2) is 0 Å². The molecule has 0 bridgehead atoms. The molecular formula is C17H26N2OS. The number of nitrogens with zero attached hydrogens (tertiary/aromatic N) is 1. The zero-order valence-corrected chi connectivity index (χ0v) is 13.8. The van der Waals surface area contributed by atoms with E-state index >= 15 is 0 Å². The molecule has 0 atom stereocenters. The van der Waals surface area contributed by atoms with Gasteiger partial charge in [0, 0.05) is 24.0 Å². The fraction of sp³-hybridized carbons (Fsp3) is 0.706. The Hall–Kier alpha value is -0.870. The second-order valence-corrected chi connectivity index (χ2v) is 7.44. The lowest BCUT2D eigenvalue weighted by Gasteiger charge is -2.31. The standard InChI is InChI=1S/C17H26N2OS/c1-2-19-10-8-14(9-11-19)18-17(20)16-12-13-6-4-3-5-7-15(13)21-16/h12,14H,2-11H2,1H3,(H,18,20). The molecule has 1 fully saturated rings. The third kappa shape index (κ3) is 3.67. The van der Waals surface area contributed by atoms with Crippen LogP contribution in [0.15, 0.2) is 6.07 Å². The zero-order chi connectivity index (χ0) is 14.7. The molecule has 0 unspecified atom stereocenters. The van der Waals surface area contributed by atoms with Crippen LogP contribution in [-0.2, 0) is 12.8 Å². The molecule has 0 spiro atoms. The third-order valence-electron chi connectivity index (χ3n) is 4.84. The predicted octanol–water partition coefficient (Wildman–Crippen LogP) is 3.23. The first-order valence-electron chi connectivity index (χ1n) is 8.41. The van der Waals surface area contributed by atoms with E-state index in [9.17, 15) is 4.79 Å². The highest BCUT2D eigenvalue weighted by molar-refractivity contribution is 7.14. The van der Waals surface area contributed by atoms with Crippen LogP contribution in [0.3, 0.4) is 0 Å². The van der Waals surface area contributed by atoms with Gasteiger partial charge in [0.15, 0.2) is 0 Å². The van der Waals surface area contributed by atoms with Crippen molar-refractivity contribution in [1.82, 2.24) is 10.2 Å². The van der Waals surface area contributed by atoms with Gasteiger partial charge in [0.25, 0.3) is 5.91 Å². The smallest absolute Gasteiger partial charge is 0.261 e. The number of hydrogen-bond acceptors (Lipinski definition) is 3. The second-order valence-electron chi connectivity index (χ2n) is 6.30. The lowest BCUT2D eigenvalue weighted by atomic mass is 10.0. The van der Waals surface area contributed by atoms with Gasteiger partial charge in [0.2, 0.25) is 0 Å². The summed E-state index contributed by atoms with van der Waals surface area (Å²) in [5.74, 6) is 0.156. The van der Waals surface area contributed by atoms with Crippen LogP contribution in [0.1, 0.15) is 59.1 Å². The number of carbonyl (C=O) groups is 1. The zero-order valence-electron chi connectivity index (χ0n) is 13.0. The molecule has 0 saturated carbocycles. The van der Waals surface area contributed by atoms with Crippen molar-refractivity contribution in [2.75, 3.05) is 19.6 Å². The molecule has 0 aromatic carbocycles. The first-order valence-corrected chi connectivity index (χ1v) is 9.22. The molecule has 116 valence electrons. The van der Waals surface area contributed by atoms with Gasteiger partial charge in [-0.1, -0.05) is 13.3 Å². The number of rotatable bonds is 3. The van der Waals surface area contributed by atoms with Crippen LogP contribution in [0, 0.1) is 0 Å². The number of thiophene rings is 1. The number of nitrogens with one attached hydrogen (secondary N) is 1. The molecule has 0 radical (unpaired) electrons. The van der Waals surface area contributed by atoms with Crippen LogP contribution in [-0.4, -0.2) is 36.5 Å². The van der Waals surface area contributed by atoms with Crippen molar-refractivity contribution < 1.29 is 4.79 Å². The molecule has 4 heteroatoms. The fourth-order valence-corrected chi connectivity index (χ4v) is 4.59. The molecule has 1 aliphatic heterocycles. The van der Waals surface area contributed by atoms with E-state index in [0.717, 1.165) is 43.8 Å². The Balaban J connectivity index is 1.58. The molecule has 1 saturated heterocycles. The molecule has 3 nitrogen and oxygen atoms in total. The van der Waals surface area contributed by atoms with E-state index in [-0.39, 0.29) is 5.91 Å². The van der Waals surface area contributed by atoms with Crippen molar-refractivity contribution in [2.45, 2.75) is 57.9 Å². The minimum atomic E-state index is 0.156. The van der Waals surface area contributed by atoms with E-state index in [1.165, 1.54) is 36.1 Å². The summed E-state index contributed by atoms with van der Waals surface area (Å²) in [6.07, 6.45) is 8.40. The quantitative estimate of drug-likeness (QED) is 0.870. The average molecular weight is 306 g/mol. The average Bonchev–Trinajstić information content (AvgIpc) is 2.79. The Kier molecular flexibility index (Phi) is 4.96. The normalized spacial score (nSPS) is 20.8.